The minimum Gasteiger partial charge on any atom is -0.462 e. The number of rotatable bonds is 29. The first kappa shape index (κ1) is 44.4. The van der Waals surface area contributed by atoms with Gasteiger partial charge in [-0.2, -0.15) is 0 Å². The average molecular weight is 705 g/mol. The van der Waals surface area contributed by atoms with Crippen molar-refractivity contribution in [2.24, 2.45) is 17.8 Å². The molecule has 0 saturated heterocycles. The molecule has 0 amide bonds. The van der Waals surface area contributed by atoms with E-state index in [0.717, 1.165) is 63.7 Å². The van der Waals surface area contributed by atoms with E-state index in [1.165, 1.54) is 25.7 Å². The molecule has 1 aliphatic rings. The summed E-state index contributed by atoms with van der Waals surface area (Å²) in [4.78, 5) is 55.3. The van der Waals surface area contributed by atoms with E-state index < -0.39 is 44.7 Å². The molecule has 0 aromatic rings. The van der Waals surface area contributed by atoms with Crippen LogP contribution >= 0.6 is 7.82 Å². The van der Waals surface area contributed by atoms with Gasteiger partial charge in [0, 0.05) is 31.1 Å². The van der Waals surface area contributed by atoms with E-state index in [0.29, 0.717) is 25.7 Å². The molecule has 0 bridgehead atoms. The van der Waals surface area contributed by atoms with E-state index in [2.05, 4.69) is 25.3 Å². The molecular formula is C36H65O11P. The summed E-state index contributed by atoms with van der Waals surface area (Å²) in [5, 5.41) is 20.6. The van der Waals surface area contributed by atoms with Gasteiger partial charge in [0.2, 0.25) is 0 Å². The number of ketones is 1. The van der Waals surface area contributed by atoms with Gasteiger partial charge >= 0.3 is 19.8 Å². The molecule has 0 aliphatic heterocycles. The van der Waals surface area contributed by atoms with Crippen LogP contribution in [-0.4, -0.2) is 69.2 Å². The minimum atomic E-state index is -4.80. The van der Waals surface area contributed by atoms with Gasteiger partial charge in [0.15, 0.2) is 6.10 Å². The van der Waals surface area contributed by atoms with Crippen molar-refractivity contribution in [2.45, 2.75) is 167 Å². The number of phosphoric ester groups is 1. The van der Waals surface area contributed by atoms with E-state index in [4.69, 9.17) is 19.3 Å². The number of phosphoric acid groups is 1. The highest BCUT2D eigenvalue weighted by molar-refractivity contribution is 7.46. The highest BCUT2D eigenvalue weighted by Gasteiger charge is 2.39. The predicted octanol–water partition coefficient (Wildman–Crippen LogP) is 7.12. The number of hydrogen-bond acceptors (Lipinski definition) is 9. The van der Waals surface area contributed by atoms with Crippen LogP contribution < -0.4 is 0 Å². The Morgan fingerprint density at radius 2 is 1.48 bits per heavy atom. The fourth-order valence-electron chi connectivity index (χ4n) is 6.01. The van der Waals surface area contributed by atoms with Gasteiger partial charge in [-0.3, -0.25) is 18.9 Å². The molecule has 0 spiro atoms. The largest absolute Gasteiger partial charge is 0.469 e. The number of unbranched alkanes of at least 4 members (excludes halogenated alkanes) is 10. The van der Waals surface area contributed by atoms with Crippen LogP contribution in [0.3, 0.4) is 0 Å². The summed E-state index contributed by atoms with van der Waals surface area (Å²) < 4.78 is 26.2. The number of Topliss-reactive ketones (excluding diaryl/α,β-unsaturated/α-hetero) is 1. The van der Waals surface area contributed by atoms with Gasteiger partial charge in [0.25, 0.3) is 0 Å². The molecular weight excluding hydrogens is 639 g/mol. The molecule has 4 N–H and O–H groups in total. The maximum absolute atomic E-state index is 12.5. The third kappa shape index (κ3) is 22.2. The molecule has 11 nitrogen and oxygen atoms in total. The summed E-state index contributed by atoms with van der Waals surface area (Å²) >= 11 is 0. The van der Waals surface area contributed by atoms with Crippen LogP contribution in [0.25, 0.3) is 0 Å². The second kappa shape index (κ2) is 26.2. The van der Waals surface area contributed by atoms with Crippen molar-refractivity contribution in [1.29, 1.82) is 0 Å². The SMILES string of the molecule is CCCCC[C@H](O)/C=C/[C@H]1[C@H](O)CC(=O)[C@@H]1CCCCCCC(=O)OC[C@H](COP(=O)(O)O)OC(=O)CCCCCCCCC(C)CC. The van der Waals surface area contributed by atoms with Gasteiger partial charge in [-0.15, -0.1) is 0 Å². The Labute approximate surface area is 288 Å². The third-order valence-electron chi connectivity index (χ3n) is 9.22. The van der Waals surface area contributed by atoms with Crippen LogP contribution in [0.2, 0.25) is 0 Å². The van der Waals surface area contributed by atoms with Crippen molar-refractivity contribution >= 4 is 25.5 Å². The van der Waals surface area contributed by atoms with Crippen molar-refractivity contribution in [3.05, 3.63) is 12.2 Å². The normalized spacial score (nSPS) is 20.2. The fraction of sp³-hybridized carbons (Fsp3) is 0.861. The Hall–Kier alpha value is -1.62. The van der Waals surface area contributed by atoms with Gasteiger partial charge in [-0.05, 0) is 31.6 Å². The number of carbonyl (C=O) groups is 3. The Morgan fingerprint density at radius 1 is 0.875 bits per heavy atom. The van der Waals surface area contributed by atoms with Gasteiger partial charge in [-0.1, -0.05) is 116 Å². The highest BCUT2D eigenvalue weighted by Crippen LogP contribution is 2.36. The Bertz CT molecular complexity index is 966. The lowest BCUT2D eigenvalue weighted by Crippen LogP contribution is -2.29. The second-order valence-corrected chi connectivity index (χ2v) is 14.8. The third-order valence-corrected chi connectivity index (χ3v) is 9.70. The first-order valence-electron chi connectivity index (χ1n) is 18.5. The Kier molecular flexibility index (Phi) is 24.3. The molecule has 1 unspecified atom stereocenters. The molecule has 0 heterocycles. The lowest BCUT2D eigenvalue weighted by Gasteiger charge is -2.18. The number of carbonyl (C=O) groups excluding carboxylic acids is 3. The standard InChI is InChI=1S/C36H65O11P/c1-4-6-13-19-29(37)23-24-32-31(33(38)25-34(32)39)20-15-11-12-16-21-35(40)45-26-30(27-46-48(42,43)44)47-36(41)22-17-10-8-7-9-14-18-28(3)5-2/h23-24,28-32,34,37,39H,4-22,25-27H2,1-3H3,(H2,42,43,44)/b24-23+/t28?,29-,30+,31+,32+,34+/m0/s1. The van der Waals surface area contributed by atoms with Gasteiger partial charge in [0.05, 0.1) is 18.8 Å². The summed E-state index contributed by atoms with van der Waals surface area (Å²) in [5.41, 5.74) is 0. The fourth-order valence-corrected chi connectivity index (χ4v) is 6.37. The average Bonchev–Trinajstić information content (AvgIpc) is 3.30. The maximum Gasteiger partial charge on any atom is 0.469 e. The van der Waals surface area contributed by atoms with Crippen molar-refractivity contribution in [3.63, 3.8) is 0 Å². The van der Waals surface area contributed by atoms with Crippen LogP contribution in [0.5, 0.6) is 0 Å². The zero-order valence-electron chi connectivity index (χ0n) is 29.8. The van der Waals surface area contributed by atoms with E-state index in [1.54, 1.807) is 12.2 Å². The van der Waals surface area contributed by atoms with Crippen molar-refractivity contribution in [1.82, 2.24) is 0 Å². The van der Waals surface area contributed by atoms with Gasteiger partial charge < -0.3 is 29.5 Å². The molecule has 0 radical (unpaired) electrons. The topological polar surface area (TPSA) is 177 Å². The second-order valence-electron chi connectivity index (χ2n) is 13.6. The van der Waals surface area contributed by atoms with Gasteiger partial charge in [0.1, 0.15) is 12.4 Å². The Balaban J connectivity index is 2.34. The van der Waals surface area contributed by atoms with E-state index >= 15 is 0 Å². The van der Waals surface area contributed by atoms with Crippen molar-refractivity contribution in [2.75, 3.05) is 13.2 Å². The monoisotopic (exact) mass is 704 g/mol. The lowest BCUT2D eigenvalue weighted by atomic mass is 9.88. The first-order chi connectivity index (χ1) is 22.9. The van der Waals surface area contributed by atoms with E-state index in [9.17, 15) is 29.2 Å². The van der Waals surface area contributed by atoms with Crippen LogP contribution in [0.15, 0.2) is 12.2 Å². The highest BCUT2D eigenvalue weighted by atomic mass is 31.2. The molecule has 1 fully saturated rings. The minimum absolute atomic E-state index is 0.0436. The molecule has 1 rings (SSSR count). The first-order valence-corrected chi connectivity index (χ1v) is 20.0. The summed E-state index contributed by atoms with van der Waals surface area (Å²) in [7, 11) is -4.80. The van der Waals surface area contributed by atoms with E-state index in [1.807, 2.05) is 0 Å². The Morgan fingerprint density at radius 3 is 2.12 bits per heavy atom. The lowest BCUT2D eigenvalue weighted by molar-refractivity contribution is -0.161. The zero-order valence-corrected chi connectivity index (χ0v) is 30.7. The van der Waals surface area contributed by atoms with Crippen molar-refractivity contribution in [3.8, 4) is 0 Å². The van der Waals surface area contributed by atoms with Crippen LogP contribution in [0, 0.1) is 17.8 Å². The molecule has 0 aromatic carbocycles. The number of esters is 2. The molecule has 1 saturated carbocycles. The van der Waals surface area contributed by atoms with Crippen molar-refractivity contribution < 1.29 is 52.9 Å². The molecule has 48 heavy (non-hydrogen) atoms. The van der Waals surface area contributed by atoms with Gasteiger partial charge in [-0.25, -0.2) is 4.57 Å². The van der Waals surface area contributed by atoms with Crippen LogP contribution in [0.4, 0.5) is 0 Å². The number of aliphatic hydroxyl groups excluding tert-OH is 2. The summed E-state index contributed by atoms with van der Waals surface area (Å²) in [6, 6.07) is 0. The molecule has 1 aliphatic carbocycles. The number of hydrogen-bond donors (Lipinski definition) is 4. The smallest absolute Gasteiger partial charge is 0.462 e. The summed E-state index contributed by atoms with van der Waals surface area (Å²) in [6.45, 7) is 5.61. The van der Waals surface area contributed by atoms with E-state index in [-0.39, 0.29) is 43.5 Å². The maximum atomic E-state index is 12.5. The molecule has 6 atom stereocenters. The predicted molar refractivity (Wildman–Crippen MR) is 185 cm³/mol. The van der Waals surface area contributed by atoms with Crippen LogP contribution in [-0.2, 0) is 32.9 Å². The number of ether oxygens (including phenoxy) is 2. The quantitative estimate of drug-likeness (QED) is 0.0270. The molecule has 280 valence electrons. The zero-order chi connectivity index (χ0) is 35.8. The summed E-state index contributed by atoms with van der Waals surface area (Å²) in [5.74, 6) is -0.814. The van der Waals surface area contributed by atoms with Crippen LogP contribution in [0.1, 0.15) is 149 Å². The summed E-state index contributed by atoms with van der Waals surface area (Å²) in [6.07, 6.45) is 17.2. The molecule has 0 aromatic heterocycles. The molecule has 12 heteroatoms. The number of aliphatic hydroxyl groups is 2.